The molecule has 0 radical (unpaired) electrons. The first-order valence-electron chi connectivity index (χ1n) is 10.8. The SMILES string of the molecule is C#CC(O)CCCCCCCCCCCCC#Cc1ccc2ccccc2n1. The third kappa shape index (κ3) is 9.07. The third-order valence-electron chi connectivity index (χ3n) is 5.04. The van der Waals surface area contributed by atoms with Crippen molar-refractivity contribution in [1.29, 1.82) is 0 Å². The molecule has 0 aliphatic carbocycles. The Bertz CT molecular complexity index is 793. The smallest absolute Gasteiger partial charge is 0.114 e. The molecule has 2 nitrogen and oxygen atoms in total. The van der Waals surface area contributed by atoms with Crippen LogP contribution < -0.4 is 0 Å². The van der Waals surface area contributed by atoms with Crippen molar-refractivity contribution in [1.82, 2.24) is 4.98 Å². The van der Waals surface area contributed by atoms with Gasteiger partial charge in [-0.15, -0.1) is 6.42 Å². The summed E-state index contributed by atoms with van der Waals surface area (Å²) in [5.41, 5.74) is 1.88. The van der Waals surface area contributed by atoms with Gasteiger partial charge in [-0.2, -0.15) is 0 Å². The second kappa shape index (κ2) is 13.8. The summed E-state index contributed by atoms with van der Waals surface area (Å²) in [4.78, 5) is 4.59. The minimum atomic E-state index is -0.548. The molecule has 0 amide bonds. The second-order valence-corrected chi connectivity index (χ2v) is 7.45. The van der Waals surface area contributed by atoms with Crippen LogP contribution in [0.25, 0.3) is 10.9 Å². The van der Waals surface area contributed by atoms with Gasteiger partial charge in [-0.3, -0.25) is 0 Å². The number of nitrogens with zero attached hydrogens (tertiary/aromatic N) is 1. The number of hydrogen-bond acceptors (Lipinski definition) is 2. The molecule has 1 atom stereocenters. The number of fused-ring (bicyclic) bond motifs is 1. The van der Waals surface area contributed by atoms with Crippen molar-refractivity contribution < 1.29 is 5.11 Å². The zero-order valence-corrected chi connectivity index (χ0v) is 17.0. The summed E-state index contributed by atoms with van der Waals surface area (Å²) in [5, 5.41) is 10.4. The molecule has 28 heavy (non-hydrogen) atoms. The third-order valence-corrected chi connectivity index (χ3v) is 5.04. The highest BCUT2D eigenvalue weighted by atomic mass is 16.3. The van der Waals surface area contributed by atoms with Gasteiger partial charge in [0.25, 0.3) is 0 Å². The van der Waals surface area contributed by atoms with E-state index in [-0.39, 0.29) is 0 Å². The van der Waals surface area contributed by atoms with Crippen LogP contribution in [0.4, 0.5) is 0 Å². The molecule has 1 heterocycles. The highest BCUT2D eigenvalue weighted by Crippen LogP contribution is 2.13. The van der Waals surface area contributed by atoms with E-state index in [1.54, 1.807) is 0 Å². The lowest BCUT2D eigenvalue weighted by atomic mass is 10.0. The van der Waals surface area contributed by atoms with Gasteiger partial charge in [0.2, 0.25) is 0 Å². The minimum Gasteiger partial charge on any atom is -0.380 e. The zero-order chi connectivity index (χ0) is 19.9. The molecule has 0 bridgehead atoms. The largest absolute Gasteiger partial charge is 0.380 e. The molecule has 0 saturated carbocycles. The van der Waals surface area contributed by atoms with Crippen molar-refractivity contribution in [2.75, 3.05) is 0 Å². The number of aliphatic hydroxyl groups is 1. The van der Waals surface area contributed by atoms with E-state index < -0.39 is 6.10 Å². The molecular weight excluding hydrogens is 342 g/mol. The van der Waals surface area contributed by atoms with Crippen molar-refractivity contribution in [3.8, 4) is 24.2 Å². The monoisotopic (exact) mass is 375 g/mol. The van der Waals surface area contributed by atoms with Crippen LogP contribution in [0, 0.1) is 24.2 Å². The van der Waals surface area contributed by atoms with Crippen molar-refractivity contribution in [3.05, 3.63) is 42.1 Å². The van der Waals surface area contributed by atoms with Gasteiger partial charge >= 0.3 is 0 Å². The fraction of sp³-hybridized carbons (Fsp3) is 0.500. The fourth-order valence-electron chi connectivity index (χ4n) is 3.34. The topological polar surface area (TPSA) is 33.1 Å². The highest BCUT2D eigenvalue weighted by Gasteiger charge is 1.98. The summed E-state index contributed by atoms with van der Waals surface area (Å²) in [6, 6.07) is 12.2. The Labute approximate surface area is 170 Å². The standard InChI is InChI=1S/C26H33NO/c1-2-25(28)19-14-12-10-8-6-4-3-5-7-9-11-13-18-24-22-21-23-17-15-16-20-26(23)27-24/h1,15-17,20-22,25,28H,3-12,14,19H2. The van der Waals surface area contributed by atoms with Crippen molar-refractivity contribution >= 4 is 10.9 Å². The van der Waals surface area contributed by atoms with E-state index in [9.17, 15) is 5.11 Å². The van der Waals surface area contributed by atoms with Crippen LogP contribution in [0.1, 0.15) is 82.7 Å². The first kappa shape index (κ1) is 22.0. The maximum atomic E-state index is 9.28. The number of benzene rings is 1. The Morgan fingerprint density at radius 2 is 1.46 bits per heavy atom. The number of rotatable bonds is 12. The molecule has 0 aliphatic heterocycles. The number of aromatic nitrogens is 1. The fourth-order valence-corrected chi connectivity index (χ4v) is 3.34. The van der Waals surface area contributed by atoms with Crippen molar-refractivity contribution in [2.45, 2.75) is 83.2 Å². The van der Waals surface area contributed by atoms with Gasteiger partial charge in [0.1, 0.15) is 11.8 Å². The van der Waals surface area contributed by atoms with Crippen LogP contribution in [0.2, 0.25) is 0 Å². The van der Waals surface area contributed by atoms with Crippen LogP contribution in [-0.4, -0.2) is 16.2 Å². The van der Waals surface area contributed by atoms with Crippen LogP contribution in [-0.2, 0) is 0 Å². The lowest BCUT2D eigenvalue weighted by Crippen LogP contribution is -2.01. The lowest BCUT2D eigenvalue weighted by Gasteiger charge is -2.04. The number of para-hydroxylation sites is 1. The molecule has 0 fully saturated rings. The number of unbranched alkanes of at least 4 members (excludes halogenated alkanes) is 10. The molecule has 2 rings (SSSR count). The van der Waals surface area contributed by atoms with Gasteiger partial charge in [-0.1, -0.05) is 87.5 Å². The minimum absolute atomic E-state index is 0.548. The van der Waals surface area contributed by atoms with E-state index in [2.05, 4.69) is 34.9 Å². The van der Waals surface area contributed by atoms with Crippen LogP contribution in [0.3, 0.4) is 0 Å². The first-order chi connectivity index (χ1) is 13.8. The van der Waals surface area contributed by atoms with Crippen LogP contribution in [0.15, 0.2) is 36.4 Å². The maximum Gasteiger partial charge on any atom is 0.114 e. The average molecular weight is 376 g/mol. The first-order valence-corrected chi connectivity index (χ1v) is 10.8. The van der Waals surface area contributed by atoms with Gasteiger partial charge in [0.15, 0.2) is 0 Å². The Kier molecular flexibility index (Phi) is 10.9. The number of pyridine rings is 1. The molecule has 0 spiro atoms. The summed E-state index contributed by atoms with van der Waals surface area (Å²) in [6.07, 6.45) is 18.8. The Balaban J connectivity index is 1.44. The summed E-state index contributed by atoms with van der Waals surface area (Å²) in [6.45, 7) is 0. The van der Waals surface area contributed by atoms with Gasteiger partial charge in [-0.05, 0) is 37.3 Å². The second-order valence-electron chi connectivity index (χ2n) is 7.45. The molecule has 148 valence electrons. The summed E-state index contributed by atoms with van der Waals surface area (Å²) in [5.74, 6) is 8.83. The summed E-state index contributed by atoms with van der Waals surface area (Å²) in [7, 11) is 0. The lowest BCUT2D eigenvalue weighted by molar-refractivity contribution is 0.217. The molecule has 2 aromatic rings. The normalized spacial score (nSPS) is 11.6. The molecule has 2 heteroatoms. The number of terminal acetylenes is 1. The molecule has 1 aromatic carbocycles. The highest BCUT2D eigenvalue weighted by molar-refractivity contribution is 5.78. The van der Waals surface area contributed by atoms with E-state index in [0.717, 1.165) is 35.9 Å². The molecule has 1 aromatic heterocycles. The van der Waals surface area contributed by atoms with Crippen molar-refractivity contribution in [3.63, 3.8) is 0 Å². The zero-order valence-electron chi connectivity index (χ0n) is 17.0. The van der Waals surface area contributed by atoms with E-state index in [1.807, 2.05) is 24.3 Å². The Hall–Kier alpha value is -2.29. The van der Waals surface area contributed by atoms with E-state index in [0.29, 0.717) is 0 Å². The van der Waals surface area contributed by atoms with E-state index >= 15 is 0 Å². The quantitative estimate of drug-likeness (QED) is 0.351. The van der Waals surface area contributed by atoms with Gasteiger partial charge in [-0.25, -0.2) is 4.98 Å². The molecule has 0 aliphatic rings. The Morgan fingerprint density at radius 1 is 0.821 bits per heavy atom. The Morgan fingerprint density at radius 3 is 2.18 bits per heavy atom. The number of aliphatic hydroxyl groups excluding tert-OH is 1. The van der Waals surface area contributed by atoms with E-state index in [1.165, 1.54) is 57.8 Å². The summed E-state index contributed by atoms with van der Waals surface area (Å²) >= 11 is 0. The van der Waals surface area contributed by atoms with Crippen LogP contribution in [0.5, 0.6) is 0 Å². The predicted octanol–water partition coefficient (Wildman–Crippen LogP) is 6.26. The van der Waals surface area contributed by atoms with Crippen LogP contribution >= 0.6 is 0 Å². The van der Waals surface area contributed by atoms with Crippen molar-refractivity contribution in [2.24, 2.45) is 0 Å². The molecule has 1 N–H and O–H groups in total. The predicted molar refractivity (Wildman–Crippen MR) is 119 cm³/mol. The molecule has 0 saturated heterocycles. The maximum absolute atomic E-state index is 9.28. The molecular formula is C26H33NO. The van der Waals surface area contributed by atoms with E-state index in [4.69, 9.17) is 6.42 Å². The van der Waals surface area contributed by atoms with Gasteiger partial charge in [0.05, 0.1) is 5.52 Å². The number of hydrogen-bond donors (Lipinski definition) is 1. The average Bonchev–Trinajstić information content (AvgIpc) is 2.73. The molecule has 1 unspecified atom stereocenters. The summed E-state index contributed by atoms with van der Waals surface area (Å²) < 4.78 is 0. The van der Waals surface area contributed by atoms with Gasteiger partial charge < -0.3 is 5.11 Å². The van der Waals surface area contributed by atoms with Gasteiger partial charge in [0, 0.05) is 11.8 Å².